The van der Waals surface area contributed by atoms with Gasteiger partial charge in [0.1, 0.15) is 17.3 Å². The first kappa shape index (κ1) is 14.3. The number of H-pyrrole nitrogens is 2. The lowest BCUT2D eigenvalue weighted by Gasteiger charge is -2.04. The fourth-order valence-electron chi connectivity index (χ4n) is 2.57. The third kappa shape index (κ3) is 2.81. The molecule has 2 heterocycles. The number of fused-ring (bicyclic) bond motifs is 1. The summed E-state index contributed by atoms with van der Waals surface area (Å²) in [5, 5.41) is 3.25. The summed E-state index contributed by atoms with van der Waals surface area (Å²) in [7, 11) is 0. The minimum absolute atomic E-state index is 0.225. The Morgan fingerprint density at radius 1 is 0.958 bits per heavy atom. The molecular weight excluding hydrogens is 309 g/mol. The first-order valence-corrected chi connectivity index (χ1v) is 7.48. The lowest BCUT2D eigenvalue weighted by molar-refractivity contribution is 0.531. The molecule has 0 aliphatic heterocycles. The number of furan rings is 1. The van der Waals surface area contributed by atoms with Gasteiger partial charge in [-0.1, -0.05) is 0 Å². The van der Waals surface area contributed by atoms with E-state index in [2.05, 4.69) is 15.3 Å². The van der Waals surface area contributed by atoms with Crippen LogP contribution in [0.25, 0.3) is 22.4 Å². The summed E-state index contributed by atoms with van der Waals surface area (Å²) >= 11 is 0. The molecule has 4 rings (SSSR count). The van der Waals surface area contributed by atoms with E-state index in [0.717, 1.165) is 28.0 Å². The van der Waals surface area contributed by atoms with Crippen LogP contribution in [0.15, 0.2) is 63.8 Å². The van der Waals surface area contributed by atoms with Crippen LogP contribution in [0.5, 0.6) is 0 Å². The molecule has 0 aliphatic carbocycles. The molecule has 24 heavy (non-hydrogen) atoms. The molecule has 2 aromatic heterocycles. The molecule has 6 heteroatoms. The molecule has 0 atom stereocenters. The van der Waals surface area contributed by atoms with Crippen molar-refractivity contribution in [2.75, 3.05) is 5.32 Å². The Morgan fingerprint density at radius 3 is 2.58 bits per heavy atom. The van der Waals surface area contributed by atoms with Crippen molar-refractivity contribution in [2.24, 2.45) is 0 Å². The van der Waals surface area contributed by atoms with Gasteiger partial charge in [0, 0.05) is 11.3 Å². The molecule has 0 fully saturated rings. The number of aromatic amines is 2. The van der Waals surface area contributed by atoms with Crippen molar-refractivity contribution >= 4 is 16.7 Å². The zero-order chi connectivity index (χ0) is 16.5. The van der Waals surface area contributed by atoms with Crippen molar-refractivity contribution in [1.82, 2.24) is 9.97 Å². The summed E-state index contributed by atoms with van der Waals surface area (Å²) in [4.78, 5) is 16.7. The van der Waals surface area contributed by atoms with Gasteiger partial charge >= 0.3 is 5.69 Å². The zero-order valence-electron chi connectivity index (χ0n) is 12.6. The van der Waals surface area contributed by atoms with Gasteiger partial charge in [-0.25, -0.2) is 9.18 Å². The number of benzene rings is 2. The van der Waals surface area contributed by atoms with E-state index in [1.54, 1.807) is 12.1 Å². The average molecular weight is 323 g/mol. The molecule has 0 aliphatic rings. The van der Waals surface area contributed by atoms with Crippen LogP contribution in [0.3, 0.4) is 0 Å². The van der Waals surface area contributed by atoms with Crippen molar-refractivity contribution in [2.45, 2.75) is 6.54 Å². The maximum Gasteiger partial charge on any atom is 0.323 e. The molecule has 120 valence electrons. The third-order valence-corrected chi connectivity index (χ3v) is 3.77. The van der Waals surface area contributed by atoms with Gasteiger partial charge in [-0.3, -0.25) is 0 Å². The standard InChI is InChI=1S/C18H14FN3O2/c19-12-3-1-11(2-4-12)17-8-6-14(24-17)10-20-13-5-7-15-16(9-13)22-18(23)21-15/h1-9,20H,10H2,(H2,21,22,23). The number of anilines is 1. The highest BCUT2D eigenvalue weighted by Gasteiger charge is 2.06. The molecule has 0 radical (unpaired) electrons. The maximum atomic E-state index is 13.0. The summed E-state index contributed by atoms with van der Waals surface area (Å²) in [5.41, 5.74) is 2.99. The van der Waals surface area contributed by atoms with Crippen LogP contribution in [-0.2, 0) is 6.54 Å². The summed E-state index contributed by atoms with van der Waals surface area (Å²) in [5.74, 6) is 1.18. The Morgan fingerprint density at radius 2 is 1.75 bits per heavy atom. The smallest absolute Gasteiger partial charge is 0.323 e. The van der Waals surface area contributed by atoms with E-state index < -0.39 is 0 Å². The highest BCUT2D eigenvalue weighted by molar-refractivity contribution is 5.78. The molecule has 3 N–H and O–H groups in total. The molecule has 0 spiro atoms. The van der Waals surface area contributed by atoms with Gasteiger partial charge in [-0.2, -0.15) is 0 Å². The summed E-state index contributed by atoms with van der Waals surface area (Å²) in [6.45, 7) is 0.501. The number of nitrogens with one attached hydrogen (secondary N) is 3. The van der Waals surface area contributed by atoms with Crippen LogP contribution in [0.1, 0.15) is 5.76 Å². The number of hydrogen-bond donors (Lipinski definition) is 3. The minimum Gasteiger partial charge on any atom is -0.459 e. The predicted molar refractivity (Wildman–Crippen MR) is 90.3 cm³/mol. The Kier molecular flexibility index (Phi) is 3.42. The molecule has 0 unspecified atom stereocenters. The largest absolute Gasteiger partial charge is 0.459 e. The second-order valence-corrected chi connectivity index (χ2v) is 5.47. The molecule has 0 saturated carbocycles. The predicted octanol–water partition coefficient (Wildman–Crippen LogP) is 3.87. The SMILES string of the molecule is O=c1[nH]c2ccc(NCc3ccc(-c4ccc(F)cc4)o3)cc2[nH]1. The normalized spacial score (nSPS) is 11.0. The van der Waals surface area contributed by atoms with Crippen molar-refractivity contribution in [3.63, 3.8) is 0 Å². The highest BCUT2D eigenvalue weighted by Crippen LogP contribution is 2.23. The third-order valence-electron chi connectivity index (χ3n) is 3.77. The highest BCUT2D eigenvalue weighted by atomic mass is 19.1. The zero-order valence-corrected chi connectivity index (χ0v) is 12.6. The number of imidazole rings is 1. The monoisotopic (exact) mass is 323 g/mol. The maximum absolute atomic E-state index is 13.0. The lowest BCUT2D eigenvalue weighted by atomic mass is 10.2. The van der Waals surface area contributed by atoms with Crippen molar-refractivity contribution in [1.29, 1.82) is 0 Å². The van der Waals surface area contributed by atoms with E-state index in [9.17, 15) is 9.18 Å². The number of aromatic nitrogens is 2. The minimum atomic E-state index is -0.273. The molecule has 4 aromatic rings. The van der Waals surface area contributed by atoms with Gasteiger partial charge in [-0.15, -0.1) is 0 Å². The van der Waals surface area contributed by atoms with Gasteiger partial charge in [0.25, 0.3) is 0 Å². The molecular formula is C18H14FN3O2. The van der Waals surface area contributed by atoms with Crippen LogP contribution in [0, 0.1) is 5.82 Å². The van der Waals surface area contributed by atoms with Gasteiger partial charge in [0.15, 0.2) is 0 Å². The number of rotatable bonds is 4. The molecule has 0 amide bonds. The van der Waals surface area contributed by atoms with Crippen LogP contribution < -0.4 is 11.0 Å². The second-order valence-electron chi connectivity index (χ2n) is 5.47. The van der Waals surface area contributed by atoms with Gasteiger partial charge in [0.2, 0.25) is 0 Å². The van der Waals surface area contributed by atoms with Crippen molar-refractivity contribution < 1.29 is 8.81 Å². The molecule has 0 saturated heterocycles. The van der Waals surface area contributed by atoms with Crippen LogP contribution >= 0.6 is 0 Å². The Balaban J connectivity index is 1.49. The van der Waals surface area contributed by atoms with E-state index in [1.807, 2.05) is 30.3 Å². The van der Waals surface area contributed by atoms with Crippen LogP contribution in [0.2, 0.25) is 0 Å². The fourth-order valence-corrected chi connectivity index (χ4v) is 2.57. The summed E-state index contributed by atoms with van der Waals surface area (Å²) < 4.78 is 18.7. The number of hydrogen-bond acceptors (Lipinski definition) is 3. The van der Waals surface area contributed by atoms with Gasteiger partial charge in [0.05, 0.1) is 17.6 Å². The number of halogens is 1. The Bertz CT molecular complexity index is 1040. The van der Waals surface area contributed by atoms with E-state index in [1.165, 1.54) is 12.1 Å². The molecule has 0 bridgehead atoms. The lowest BCUT2D eigenvalue weighted by Crippen LogP contribution is -1.99. The van der Waals surface area contributed by atoms with E-state index >= 15 is 0 Å². The first-order chi connectivity index (χ1) is 11.7. The quantitative estimate of drug-likeness (QED) is 0.534. The van der Waals surface area contributed by atoms with E-state index in [4.69, 9.17) is 4.42 Å². The molecule has 2 aromatic carbocycles. The Hall–Kier alpha value is -3.28. The fraction of sp³-hybridized carbons (Fsp3) is 0.0556. The van der Waals surface area contributed by atoms with Gasteiger partial charge < -0.3 is 19.7 Å². The van der Waals surface area contributed by atoms with Crippen LogP contribution in [0.4, 0.5) is 10.1 Å². The Labute approximate surface area is 136 Å². The van der Waals surface area contributed by atoms with Crippen LogP contribution in [-0.4, -0.2) is 9.97 Å². The first-order valence-electron chi connectivity index (χ1n) is 7.48. The van der Waals surface area contributed by atoms with Gasteiger partial charge in [-0.05, 0) is 54.6 Å². The average Bonchev–Trinajstić information content (AvgIpc) is 3.18. The van der Waals surface area contributed by atoms with E-state index in [0.29, 0.717) is 12.3 Å². The van der Waals surface area contributed by atoms with Crippen molar-refractivity contribution in [3.05, 3.63) is 76.7 Å². The molecule has 5 nitrogen and oxygen atoms in total. The summed E-state index contributed by atoms with van der Waals surface area (Å²) in [6, 6.07) is 15.5. The second kappa shape index (κ2) is 5.73. The van der Waals surface area contributed by atoms with E-state index in [-0.39, 0.29) is 11.5 Å². The summed E-state index contributed by atoms with van der Waals surface area (Å²) in [6.07, 6.45) is 0. The van der Waals surface area contributed by atoms with Crippen molar-refractivity contribution in [3.8, 4) is 11.3 Å². The topological polar surface area (TPSA) is 73.8 Å².